The Bertz CT molecular complexity index is 401. The lowest BCUT2D eigenvalue weighted by molar-refractivity contribution is -0.130. The van der Waals surface area contributed by atoms with Gasteiger partial charge in [-0.25, -0.2) is 0 Å². The molecule has 0 saturated heterocycles. The molecule has 0 fully saturated rings. The van der Waals surface area contributed by atoms with Gasteiger partial charge in [-0.15, -0.1) is 0 Å². The highest BCUT2D eigenvalue weighted by molar-refractivity contribution is 5.91. The summed E-state index contributed by atoms with van der Waals surface area (Å²) < 4.78 is 0. The number of hydrogen-bond acceptors (Lipinski definition) is 6. The highest BCUT2D eigenvalue weighted by Gasteiger charge is 2.20. The molecule has 4 amide bonds. The van der Waals surface area contributed by atoms with Crippen molar-refractivity contribution in [3.8, 4) is 0 Å². The molecule has 0 aliphatic carbocycles. The predicted octanol–water partition coefficient (Wildman–Crippen LogP) is -3.72. The molecule has 0 rings (SSSR count). The van der Waals surface area contributed by atoms with Gasteiger partial charge >= 0.3 is 0 Å². The van der Waals surface area contributed by atoms with Gasteiger partial charge < -0.3 is 33.2 Å². The van der Waals surface area contributed by atoms with Crippen molar-refractivity contribution in [1.82, 2.24) is 16.0 Å². The number of nitrogens with one attached hydrogen (secondary N) is 3. The highest BCUT2D eigenvalue weighted by Crippen LogP contribution is 2.00. The molecule has 0 radical (unpaired) electrons. The van der Waals surface area contributed by atoms with E-state index in [1.807, 2.05) is 0 Å². The Hall–Kier alpha value is -2.20. The van der Waals surface area contributed by atoms with Crippen LogP contribution in [0.1, 0.15) is 19.3 Å². The minimum Gasteiger partial charge on any atom is -0.368 e. The van der Waals surface area contributed by atoms with Gasteiger partial charge in [0.2, 0.25) is 23.6 Å². The summed E-state index contributed by atoms with van der Waals surface area (Å²) in [4.78, 5) is 45.2. The number of carbonyl (C=O) groups is 4. The molecule has 0 spiro atoms. The van der Waals surface area contributed by atoms with Gasteiger partial charge in [-0.1, -0.05) is 0 Å². The number of unbranched alkanes of at least 4 members (excludes halogenated alkanes) is 1. The molecular formula is C12H24N6O4. The van der Waals surface area contributed by atoms with Crippen molar-refractivity contribution in [2.24, 2.45) is 17.2 Å². The van der Waals surface area contributed by atoms with Crippen LogP contribution in [0.2, 0.25) is 0 Å². The molecule has 0 aromatic rings. The zero-order chi connectivity index (χ0) is 17.0. The largest absolute Gasteiger partial charge is 0.368 e. The lowest BCUT2D eigenvalue weighted by Gasteiger charge is -2.18. The molecule has 0 aliphatic heterocycles. The van der Waals surface area contributed by atoms with Crippen molar-refractivity contribution in [2.75, 3.05) is 26.2 Å². The fourth-order valence-electron chi connectivity index (χ4n) is 1.56. The van der Waals surface area contributed by atoms with Crippen LogP contribution in [0.15, 0.2) is 0 Å². The van der Waals surface area contributed by atoms with Gasteiger partial charge in [-0.3, -0.25) is 19.2 Å². The summed E-state index contributed by atoms with van der Waals surface area (Å²) in [5.74, 6) is -2.22. The lowest BCUT2D eigenvalue weighted by Crippen LogP contribution is -2.51. The summed E-state index contributed by atoms with van der Waals surface area (Å²) in [5.41, 5.74) is 15.4. The van der Waals surface area contributed by atoms with Gasteiger partial charge in [0.05, 0.1) is 19.6 Å². The van der Waals surface area contributed by atoms with Crippen molar-refractivity contribution in [1.29, 1.82) is 0 Å². The van der Waals surface area contributed by atoms with Crippen molar-refractivity contribution in [3.63, 3.8) is 0 Å². The van der Waals surface area contributed by atoms with E-state index in [9.17, 15) is 19.2 Å². The first-order valence-corrected chi connectivity index (χ1v) is 6.93. The molecule has 0 aliphatic rings. The van der Waals surface area contributed by atoms with Gasteiger partial charge in [-0.2, -0.15) is 0 Å². The van der Waals surface area contributed by atoms with Gasteiger partial charge in [0.25, 0.3) is 0 Å². The Morgan fingerprint density at radius 2 is 1.59 bits per heavy atom. The topological polar surface area (TPSA) is 182 Å². The van der Waals surface area contributed by atoms with Crippen LogP contribution in [0.4, 0.5) is 0 Å². The van der Waals surface area contributed by atoms with E-state index in [2.05, 4.69) is 16.0 Å². The van der Waals surface area contributed by atoms with Crippen LogP contribution in [0, 0.1) is 0 Å². The van der Waals surface area contributed by atoms with Crippen molar-refractivity contribution >= 4 is 23.6 Å². The van der Waals surface area contributed by atoms with E-state index in [1.54, 1.807) is 0 Å². The number of hydrogen-bond donors (Lipinski definition) is 6. The molecular weight excluding hydrogens is 292 g/mol. The Balaban J connectivity index is 4.43. The highest BCUT2D eigenvalue weighted by atomic mass is 16.2. The lowest BCUT2D eigenvalue weighted by atomic mass is 10.1. The minimum atomic E-state index is -0.826. The van der Waals surface area contributed by atoms with Crippen molar-refractivity contribution in [2.45, 2.75) is 25.3 Å². The second kappa shape index (κ2) is 11.5. The molecule has 0 bridgehead atoms. The third-order valence-corrected chi connectivity index (χ3v) is 2.67. The van der Waals surface area contributed by atoms with E-state index in [1.165, 1.54) is 0 Å². The molecule has 0 saturated carbocycles. The first-order chi connectivity index (χ1) is 10.4. The van der Waals surface area contributed by atoms with E-state index in [0.717, 1.165) is 0 Å². The second-order valence-electron chi connectivity index (χ2n) is 4.57. The Morgan fingerprint density at radius 1 is 0.909 bits per heavy atom. The fraction of sp³-hybridized carbons (Fsp3) is 0.667. The number of rotatable bonds is 11. The summed E-state index contributed by atoms with van der Waals surface area (Å²) in [5, 5.41) is 7.10. The number of carbonyl (C=O) groups excluding carboxylic acids is 4. The standard InChI is InChI=1S/C12H24N6O4/c13-4-2-1-3-8(12(22)17-6-9(15)19)18-11(21)7-16-10(20)5-14/h8H,1-7,13-14H2,(H2,15,19)(H,16,20)(H,17,22)(H,18,21). The zero-order valence-corrected chi connectivity index (χ0v) is 12.4. The Morgan fingerprint density at radius 3 is 2.14 bits per heavy atom. The van der Waals surface area contributed by atoms with Crippen molar-refractivity contribution in [3.05, 3.63) is 0 Å². The monoisotopic (exact) mass is 316 g/mol. The summed E-state index contributed by atoms with van der Waals surface area (Å²) in [6, 6.07) is -0.826. The molecule has 0 aromatic heterocycles. The van der Waals surface area contributed by atoms with Gasteiger partial charge in [0.15, 0.2) is 0 Å². The summed E-state index contributed by atoms with van der Waals surface area (Å²) >= 11 is 0. The quantitative estimate of drug-likeness (QED) is 0.213. The Kier molecular flexibility index (Phi) is 10.3. The number of amides is 4. The summed E-state index contributed by atoms with van der Waals surface area (Å²) in [6.07, 6.45) is 1.68. The molecule has 10 nitrogen and oxygen atoms in total. The average Bonchev–Trinajstić information content (AvgIpc) is 2.49. The first-order valence-electron chi connectivity index (χ1n) is 6.93. The molecule has 0 heterocycles. The molecule has 1 unspecified atom stereocenters. The molecule has 0 aromatic carbocycles. The van der Waals surface area contributed by atoms with Crippen LogP contribution >= 0.6 is 0 Å². The average molecular weight is 316 g/mol. The summed E-state index contributed by atoms with van der Waals surface area (Å²) in [7, 11) is 0. The van der Waals surface area contributed by atoms with Crippen LogP contribution in [-0.2, 0) is 19.2 Å². The smallest absolute Gasteiger partial charge is 0.243 e. The second-order valence-corrected chi connectivity index (χ2v) is 4.57. The molecule has 22 heavy (non-hydrogen) atoms. The molecule has 10 heteroatoms. The first kappa shape index (κ1) is 19.8. The van der Waals surface area contributed by atoms with Crippen molar-refractivity contribution < 1.29 is 19.2 Å². The number of nitrogens with two attached hydrogens (primary N) is 3. The van der Waals surface area contributed by atoms with Gasteiger partial charge in [-0.05, 0) is 25.8 Å². The Labute approximate surface area is 128 Å². The maximum atomic E-state index is 11.9. The maximum Gasteiger partial charge on any atom is 0.243 e. The van der Waals surface area contributed by atoms with E-state index in [0.29, 0.717) is 25.8 Å². The van der Waals surface area contributed by atoms with E-state index >= 15 is 0 Å². The van der Waals surface area contributed by atoms with Crippen LogP contribution in [0.5, 0.6) is 0 Å². The third kappa shape index (κ3) is 9.66. The van der Waals surface area contributed by atoms with Crippen LogP contribution in [0.3, 0.4) is 0 Å². The summed E-state index contributed by atoms with van der Waals surface area (Å²) in [6.45, 7) is -0.360. The van der Waals surface area contributed by atoms with Crippen LogP contribution in [0.25, 0.3) is 0 Å². The SMILES string of the molecule is NCCCCC(NC(=O)CNC(=O)CN)C(=O)NCC(N)=O. The third-order valence-electron chi connectivity index (χ3n) is 2.67. The molecule has 126 valence electrons. The normalized spacial score (nSPS) is 11.4. The zero-order valence-electron chi connectivity index (χ0n) is 12.4. The van der Waals surface area contributed by atoms with E-state index < -0.39 is 29.7 Å². The molecule has 9 N–H and O–H groups in total. The fourth-order valence-corrected chi connectivity index (χ4v) is 1.56. The number of primary amides is 1. The van der Waals surface area contributed by atoms with Gasteiger partial charge in [0, 0.05) is 0 Å². The predicted molar refractivity (Wildman–Crippen MR) is 79.1 cm³/mol. The maximum absolute atomic E-state index is 11.9. The van der Waals surface area contributed by atoms with E-state index in [4.69, 9.17) is 17.2 Å². The van der Waals surface area contributed by atoms with Crippen LogP contribution < -0.4 is 33.2 Å². The van der Waals surface area contributed by atoms with Crippen LogP contribution in [-0.4, -0.2) is 55.8 Å². The molecule has 1 atom stereocenters. The minimum absolute atomic E-state index is 0.230. The van der Waals surface area contributed by atoms with Gasteiger partial charge in [0.1, 0.15) is 6.04 Å². The van der Waals surface area contributed by atoms with E-state index in [-0.39, 0.29) is 19.6 Å².